The minimum atomic E-state index is -0.437. The second-order valence-electron chi connectivity index (χ2n) is 4.19. The van der Waals surface area contributed by atoms with Crippen LogP contribution in [0.4, 0.5) is 0 Å². The van der Waals surface area contributed by atoms with Gasteiger partial charge in [-0.25, -0.2) is 0 Å². The quantitative estimate of drug-likeness (QED) is 0.820. The Hall–Kier alpha value is -1.13. The number of aliphatic hydroxyl groups is 1. The lowest BCUT2D eigenvalue weighted by Gasteiger charge is -2.13. The third-order valence-electron chi connectivity index (χ3n) is 2.82. The summed E-state index contributed by atoms with van der Waals surface area (Å²) >= 11 is 0. The van der Waals surface area contributed by atoms with Gasteiger partial charge in [0.05, 0.1) is 19.8 Å². The largest absolute Gasteiger partial charge is 0.496 e. The first-order chi connectivity index (χ1) is 8.10. The van der Waals surface area contributed by atoms with Crippen LogP contribution in [0.5, 0.6) is 5.75 Å². The summed E-state index contributed by atoms with van der Waals surface area (Å²) in [6.45, 7) is 4.33. The zero-order valence-corrected chi connectivity index (χ0v) is 11.0. The Kier molecular flexibility index (Phi) is 5.38. The first-order valence-electron chi connectivity index (χ1n) is 5.76. The number of hydrogen-bond acceptors (Lipinski definition) is 4. The van der Waals surface area contributed by atoms with E-state index in [-0.39, 0.29) is 0 Å². The molecule has 96 valence electrons. The van der Waals surface area contributed by atoms with Crippen molar-refractivity contribution in [3.63, 3.8) is 0 Å². The Labute approximate surface area is 103 Å². The first kappa shape index (κ1) is 13.9. The SMILES string of the molecule is COCC(O)CCc1ncc(C)c(OC)c1C. The Balaban J connectivity index is 2.72. The van der Waals surface area contributed by atoms with E-state index in [9.17, 15) is 5.11 Å². The molecule has 4 nitrogen and oxygen atoms in total. The lowest BCUT2D eigenvalue weighted by Crippen LogP contribution is -2.15. The maximum atomic E-state index is 9.60. The van der Waals surface area contributed by atoms with E-state index in [1.54, 1.807) is 14.2 Å². The Bertz CT molecular complexity index is 366. The van der Waals surface area contributed by atoms with Crippen LogP contribution in [0.2, 0.25) is 0 Å². The number of methoxy groups -OCH3 is 2. The maximum Gasteiger partial charge on any atom is 0.128 e. The summed E-state index contributed by atoms with van der Waals surface area (Å²) in [5.41, 5.74) is 3.06. The zero-order valence-electron chi connectivity index (χ0n) is 11.0. The van der Waals surface area contributed by atoms with E-state index < -0.39 is 6.10 Å². The van der Waals surface area contributed by atoms with Gasteiger partial charge in [-0.1, -0.05) is 0 Å². The molecule has 1 rings (SSSR count). The van der Waals surface area contributed by atoms with Gasteiger partial charge in [-0.3, -0.25) is 4.98 Å². The number of aromatic nitrogens is 1. The van der Waals surface area contributed by atoms with Crippen LogP contribution in [0, 0.1) is 13.8 Å². The van der Waals surface area contributed by atoms with E-state index in [0.29, 0.717) is 13.0 Å². The second kappa shape index (κ2) is 6.57. The molecule has 1 aromatic rings. The van der Waals surface area contributed by atoms with E-state index in [0.717, 1.165) is 29.0 Å². The molecule has 0 spiro atoms. The normalized spacial score (nSPS) is 12.5. The number of aryl methyl sites for hydroxylation is 2. The second-order valence-corrected chi connectivity index (χ2v) is 4.19. The lowest BCUT2D eigenvalue weighted by atomic mass is 10.1. The van der Waals surface area contributed by atoms with Crippen molar-refractivity contribution in [2.45, 2.75) is 32.8 Å². The molecule has 0 aromatic carbocycles. The molecule has 1 heterocycles. The molecule has 0 aliphatic rings. The van der Waals surface area contributed by atoms with E-state index in [4.69, 9.17) is 9.47 Å². The van der Waals surface area contributed by atoms with Crippen LogP contribution < -0.4 is 4.74 Å². The first-order valence-corrected chi connectivity index (χ1v) is 5.76. The van der Waals surface area contributed by atoms with Crippen LogP contribution in [0.1, 0.15) is 23.2 Å². The molecule has 1 atom stereocenters. The third kappa shape index (κ3) is 3.68. The summed E-state index contributed by atoms with van der Waals surface area (Å²) in [4.78, 5) is 4.39. The Morgan fingerprint density at radius 1 is 1.35 bits per heavy atom. The monoisotopic (exact) mass is 239 g/mol. The highest BCUT2D eigenvalue weighted by molar-refractivity contribution is 5.41. The van der Waals surface area contributed by atoms with Crippen molar-refractivity contribution in [2.24, 2.45) is 0 Å². The van der Waals surface area contributed by atoms with Crippen molar-refractivity contribution in [3.05, 3.63) is 23.0 Å². The minimum Gasteiger partial charge on any atom is -0.496 e. The van der Waals surface area contributed by atoms with Crippen molar-refractivity contribution in [2.75, 3.05) is 20.8 Å². The summed E-state index contributed by atoms with van der Waals surface area (Å²) in [5, 5.41) is 9.60. The number of rotatable bonds is 6. The average molecular weight is 239 g/mol. The van der Waals surface area contributed by atoms with Crippen molar-refractivity contribution in [3.8, 4) is 5.75 Å². The van der Waals surface area contributed by atoms with E-state index in [2.05, 4.69) is 4.98 Å². The molecule has 1 N–H and O–H groups in total. The fraction of sp³-hybridized carbons (Fsp3) is 0.615. The van der Waals surface area contributed by atoms with Gasteiger partial charge in [0.1, 0.15) is 5.75 Å². The zero-order chi connectivity index (χ0) is 12.8. The number of hydrogen-bond donors (Lipinski definition) is 1. The van der Waals surface area contributed by atoms with Gasteiger partial charge >= 0.3 is 0 Å². The minimum absolute atomic E-state index is 0.363. The molecule has 0 amide bonds. The molecule has 0 saturated heterocycles. The standard InChI is InChI=1S/C13H21NO3/c1-9-7-14-12(10(2)13(9)17-4)6-5-11(15)8-16-3/h7,11,15H,5-6,8H2,1-4H3. The van der Waals surface area contributed by atoms with Crippen molar-refractivity contribution in [1.29, 1.82) is 0 Å². The Morgan fingerprint density at radius 2 is 2.06 bits per heavy atom. The third-order valence-corrected chi connectivity index (χ3v) is 2.82. The van der Waals surface area contributed by atoms with Crippen LogP contribution in [0.25, 0.3) is 0 Å². The van der Waals surface area contributed by atoms with Crippen LogP contribution in [-0.4, -0.2) is 37.0 Å². The highest BCUT2D eigenvalue weighted by Gasteiger charge is 2.11. The summed E-state index contributed by atoms with van der Waals surface area (Å²) in [7, 11) is 3.25. The Morgan fingerprint density at radius 3 is 2.65 bits per heavy atom. The number of nitrogens with zero attached hydrogens (tertiary/aromatic N) is 1. The van der Waals surface area contributed by atoms with Crippen molar-refractivity contribution < 1.29 is 14.6 Å². The molecule has 0 aliphatic carbocycles. The van der Waals surface area contributed by atoms with Gasteiger partial charge in [-0.15, -0.1) is 0 Å². The van der Waals surface area contributed by atoms with E-state index in [1.807, 2.05) is 20.0 Å². The van der Waals surface area contributed by atoms with Crippen LogP contribution in [0.15, 0.2) is 6.20 Å². The van der Waals surface area contributed by atoms with Crippen molar-refractivity contribution >= 4 is 0 Å². The summed E-state index contributed by atoms with van der Waals surface area (Å²) < 4.78 is 10.2. The predicted octanol–water partition coefficient (Wildman–Crippen LogP) is 1.65. The number of ether oxygens (including phenoxy) is 2. The molecule has 0 radical (unpaired) electrons. The van der Waals surface area contributed by atoms with E-state index in [1.165, 1.54) is 0 Å². The van der Waals surface area contributed by atoms with Gasteiger partial charge in [0, 0.05) is 30.1 Å². The highest BCUT2D eigenvalue weighted by Crippen LogP contribution is 2.24. The molecule has 0 fully saturated rings. The molecule has 4 heteroatoms. The van der Waals surface area contributed by atoms with Gasteiger partial charge in [-0.05, 0) is 26.7 Å². The van der Waals surface area contributed by atoms with Crippen LogP contribution in [0.3, 0.4) is 0 Å². The molecule has 1 aromatic heterocycles. The maximum absolute atomic E-state index is 9.60. The molecule has 0 saturated carbocycles. The van der Waals surface area contributed by atoms with Gasteiger partial charge < -0.3 is 14.6 Å². The molecular formula is C13H21NO3. The van der Waals surface area contributed by atoms with Gasteiger partial charge in [0.25, 0.3) is 0 Å². The summed E-state index contributed by atoms with van der Waals surface area (Å²) in [6, 6.07) is 0. The molecular weight excluding hydrogens is 218 g/mol. The summed E-state index contributed by atoms with van der Waals surface area (Å²) in [5.74, 6) is 0.885. The van der Waals surface area contributed by atoms with E-state index >= 15 is 0 Å². The number of pyridine rings is 1. The van der Waals surface area contributed by atoms with Crippen molar-refractivity contribution in [1.82, 2.24) is 4.98 Å². The van der Waals surface area contributed by atoms with Gasteiger partial charge in [0.2, 0.25) is 0 Å². The fourth-order valence-electron chi connectivity index (χ4n) is 1.90. The lowest BCUT2D eigenvalue weighted by molar-refractivity contribution is 0.0593. The van der Waals surface area contributed by atoms with Gasteiger partial charge in [-0.2, -0.15) is 0 Å². The average Bonchev–Trinajstić information content (AvgIpc) is 2.29. The predicted molar refractivity (Wildman–Crippen MR) is 66.5 cm³/mol. The molecule has 0 aliphatic heterocycles. The molecule has 0 bridgehead atoms. The fourth-order valence-corrected chi connectivity index (χ4v) is 1.90. The van der Waals surface area contributed by atoms with Gasteiger partial charge in [0.15, 0.2) is 0 Å². The highest BCUT2D eigenvalue weighted by atomic mass is 16.5. The van der Waals surface area contributed by atoms with Crippen LogP contribution in [-0.2, 0) is 11.2 Å². The molecule has 1 unspecified atom stereocenters. The number of aliphatic hydroxyl groups excluding tert-OH is 1. The molecule has 17 heavy (non-hydrogen) atoms. The smallest absolute Gasteiger partial charge is 0.128 e. The van der Waals surface area contributed by atoms with Crippen LogP contribution >= 0.6 is 0 Å². The topological polar surface area (TPSA) is 51.6 Å². The summed E-state index contributed by atoms with van der Waals surface area (Å²) in [6.07, 6.45) is 2.75.